The summed E-state index contributed by atoms with van der Waals surface area (Å²) in [6.07, 6.45) is 2.98. The fourth-order valence-electron chi connectivity index (χ4n) is 3.57. The normalized spacial score (nSPS) is 16.4. The van der Waals surface area contributed by atoms with Crippen LogP contribution >= 0.6 is 0 Å². The fourth-order valence-corrected chi connectivity index (χ4v) is 3.57. The topological polar surface area (TPSA) is 66.3 Å². The van der Waals surface area contributed by atoms with E-state index in [4.69, 9.17) is 0 Å². The summed E-state index contributed by atoms with van der Waals surface area (Å²) in [7, 11) is 1.77. The van der Waals surface area contributed by atoms with Crippen molar-refractivity contribution in [2.24, 2.45) is 0 Å². The van der Waals surface area contributed by atoms with Gasteiger partial charge in [0.15, 0.2) is 5.69 Å². The third-order valence-electron chi connectivity index (χ3n) is 4.88. The predicted octanol–water partition coefficient (Wildman–Crippen LogP) is 3.49. The van der Waals surface area contributed by atoms with Gasteiger partial charge in [-0.3, -0.25) is 4.79 Å². The monoisotopic (exact) mass is 333 g/mol. The Morgan fingerprint density at radius 3 is 2.56 bits per heavy atom. The SMILES string of the molecule is CN(C(=O)c1nc2ccccc2nc1O)C1CCCc2ccccc21. The number of aromatic hydroxyl groups is 1. The van der Waals surface area contributed by atoms with Gasteiger partial charge in [0, 0.05) is 7.05 Å². The summed E-state index contributed by atoms with van der Waals surface area (Å²) in [5.74, 6) is -0.628. The second-order valence-corrected chi connectivity index (χ2v) is 6.41. The zero-order valence-corrected chi connectivity index (χ0v) is 14.0. The predicted molar refractivity (Wildman–Crippen MR) is 95.4 cm³/mol. The van der Waals surface area contributed by atoms with Crippen molar-refractivity contribution in [2.45, 2.75) is 25.3 Å². The lowest BCUT2D eigenvalue weighted by atomic mass is 9.87. The molecule has 0 spiro atoms. The highest BCUT2D eigenvalue weighted by Crippen LogP contribution is 2.34. The highest BCUT2D eigenvalue weighted by atomic mass is 16.3. The molecule has 0 saturated carbocycles. The van der Waals surface area contributed by atoms with Crippen LogP contribution in [0.25, 0.3) is 11.0 Å². The van der Waals surface area contributed by atoms with E-state index < -0.39 is 0 Å². The van der Waals surface area contributed by atoms with Crippen LogP contribution in [0.5, 0.6) is 5.88 Å². The molecule has 3 aromatic rings. The largest absolute Gasteiger partial charge is 0.492 e. The first-order chi connectivity index (χ1) is 12.1. The van der Waals surface area contributed by atoms with Crippen molar-refractivity contribution in [2.75, 3.05) is 7.05 Å². The second kappa shape index (κ2) is 6.16. The van der Waals surface area contributed by atoms with Crippen LogP contribution in [0.2, 0.25) is 0 Å². The molecule has 2 aromatic carbocycles. The van der Waals surface area contributed by atoms with Gasteiger partial charge in [0.25, 0.3) is 5.91 Å². The van der Waals surface area contributed by atoms with E-state index in [9.17, 15) is 9.90 Å². The molecule has 1 aliphatic rings. The molecule has 126 valence electrons. The molecule has 0 aliphatic heterocycles. The van der Waals surface area contributed by atoms with Crippen LogP contribution in [0.15, 0.2) is 48.5 Å². The van der Waals surface area contributed by atoms with Gasteiger partial charge in [0.2, 0.25) is 5.88 Å². The van der Waals surface area contributed by atoms with Crippen LogP contribution in [0.3, 0.4) is 0 Å². The van der Waals surface area contributed by atoms with Crippen molar-refractivity contribution in [3.8, 4) is 5.88 Å². The standard InChI is InChI=1S/C20H19N3O2/c1-23(17-12-6-8-13-7-2-3-9-14(13)17)20(25)18-19(24)22-16-11-5-4-10-15(16)21-18/h2-5,7,9-11,17H,6,8,12H2,1H3,(H,22,24). The molecule has 1 unspecified atom stereocenters. The lowest BCUT2D eigenvalue weighted by Gasteiger charge is -2.33. The number of aromatic nitrogens is 2. The number of hydrogen-bond donors (Lipinski definition) is 1. The van der Waals surface area contributed by atoms with Gasteiger partial charge in [-0.2, -0.15) is 0 Å². The van der Waals surface area contributed by atoms with Crippen molar-refractivity contribution in [1.82, 2.24) is 14.9 Å². The van der Waals surface area contributed by atoms with Crippen LogP contribution in [0.1, 0.15) is 40.5 Å². The Kier molecular flexibility index (Phi) is 3.84. The molecular formula is C20H19N3O2. The maximum absolute atomic E-state index is 13.0. The van der Waals surface area contributed by atoms with E-state index in [1.807, 2.05) is 24.3 Å². The first-order valence-corrected chi connectivity index (χ1v) is 8.46. The molecule has 0 saturated heterocycles. The number of hydrogen-bond acceptors (Lipinski definition) is 4. The number of nitrogens with zero attached hydrogens (tertiary/aromatic N) is 3. The number of carbonyl (C=O) groups excluding carboxylic acids is 1. The lowest BCUT2D eigenvalue weighted by Crippen LogP contribution is -2.34. The zero-order chi connectivity index (χ0) is 17.4. The highest BCUT2D eigenvalue weighted by Gasteiger charge is 2.29. The van der Waals surface area contributed by atoms with Crippen molar-refractivity contribution in [1.29, 1.82) is 0 Å². The highest BCUT2D eigenvalue weighted by molar-refractivity contribution is 5.96. The molecule has 25 heavy (non-hydrogen) atoms. The maximum Gasteiger partial charge on any atom is 0.278 e. The minimum absolute atomic E-state index is 0.00394. The number of rotatable bonds is 2. The van der Waals surface area contributed by atoms with Gasteiger partial charge in [0.1, 0.15) is 0 Å². The van der Waals surface area contributed by atoms with Crippen molar-refractivity contribution in [3.05, 3.63) is 65.4 Å². The number of carbonyl (C=O) groups is 1. The lowest BCUT2D eigenvalue weighted by molar-refractivity contribution is 0.0705. The third-order valence-corrected chi connectivity index (χ3v) is 4.88. The average Bonchev–Trinajstić information content (AvgIpc) is 2.66. The van der Waals surface area contributed by atoms with E-state index in [1.165, 1.54) is 11.1 Å². The Morgan fingerprint density at radius 1 is 1.08 bits per heavy atom. The smallest absolute Gasteiger partial charge is 0.278 e. The molecule has 0 radical (unpaired) electrons. The molecule has 4 rings (SSSR count). The van der Waals surface area contributed by atoms with E-state index >= 15 is 0 Å². The Morgan fingerprint density at radius 2 is 1.76 bits per heavy atom. The Balaban J connectivity index is 1.71. The van der Waals surface area contributed by atoms with E-state index in [0.717, 1.165) is 19.3 Å². The summed E-state index contributed by atoms with van der Waals surface area (Å²) >= 11 is 0. The molecule has 0 bridgehead atoms. The van der Waals surface area contributed by atoms with Gasteiger partial charge < -0.3 is 10.0 Å². The summed E-state index contributed by atoms with van der Waals surface area (Å²) in [4.78, 5) is 23.1. The molecule has 1 heterocycles. The first-order valence-electron chi connectivity index (χ1n) is 8.46. The third kappa shape index (κ3) is 2.71. The number of fused-ring (bicyclic) bond motifs is 2. The van der Waals surface area contributed by atoms with Crippen LogP contribution < -0.4 is 0 Å². The summed E-state index contributed by atoms with van der Waals surface area (Å²) in [5, 5.41) is 10.2. The van der Waals surface area contributed by atoms with Crippen LogP contribution in [0.4, 0.5) is 0 Å². The van der Waals surface area contributed by atoms with Crippen molar-refractivity contribution < 1.29 is 9.90 Å². The van der Waals surface area contributed by atoms with Crippen molar-refractivity contribution >= 4 is 16.9 Å². The minimum atomic E-state index is -0.320. The summed E-state index contributed by atoms with van der Waals surface area (Å²) in [6.45, 7) is 0. The minimum Gasteiger partial charge on any atom is -0.492 e. The Bertz CT molecular complexity index is 955. The van der Waals surface area contributed by atoms with Gasteiger partial charge in [-0.15, -0.1) is 0 Å². The molecular weight excluding hydrogens is 314 g/mol. The summed E-state index contributed by atoms with van der Waals surface area (Å²) in [6, 6.07) is 15.4. The van der Waals surface area contributed by atoms with Gasteiger partial charge in [-0.25, -0.2) is 9.97 Å². The average molecular weight is 333 g/mol. The number of aryl methyl sites for hydroxylation is 1. The van der Waals surface area contributed by atoms with E-state index in [1.54, 1.807) is 24.1 Å². The van der Waals surface area contributed by atoms with Crippen LogP contribution in [-0.2, 0) is 6.42 Å². The molecule has 5 nitrogen and oxygen atoms in total. The molecule has 0 fully saturated rings. The molecule has 1 atom stereocenters. The van der Waals surface area contributed by atoms with E-state index in [2.05, 4.69) is 22.1 Å². The van der Waals surface area contributed by atoms with Gasteiger partial charge >= 0.3 is 0 Å². The van der Waals surface area contributed by atoms with Crippen molar-refractivity contribution in [3.63, 3.8) is 0 Å². The maximum atomic E-state index is 13.0. The number of para-hydroxylation sites is 2. The molecule has 5 heteroatoms. The van der Waals surface area contributed by atoms with Gasteiger partial charge in [-0.1, -0.05) is 36.4 Å². The molecule has 1 aromatic heterocycles. The quantitative estimate of drug-likeness (QED) is 0.779. The molecule has 1 N–H and O–H groups in total. The molecule has 1 aliphatic carbocycles. The van der Waals surface area contributed by atoms with Crippen LogP contribution in [0, 0.1) is 0 Å². The first kappa shape index (κ1) is 15.6. The summed E-state index contributed by atoms with van der Waals surface area (Å²) < 4.78 is 0. The fraction of sp³-hybridized carbons (Fsp3) is 0.250. The zero-order valence-electron chi connectivity index (χ0n) is 14.0. The second-order valence-electron chi connectivity index (χ2n) is 6.41. The van der Waals surface area contributed by atoms with Gasteiger partial charge in [-0.05, 0) is 42.5 Å². The number of benzene rings is 2. The Hall–Kier alpha value is -2.95. The Labute approximate surface area is 146 Å². The van der Waals surface area contributed by atoms with E-state index in [0.29, 0.717) is 11.0 Å². The molecule has 1 amide bonds. The van der Waals surface area contributed by atoms with E-state index in [-0.39, 0.29) is 23.5 Å². The van der Waals surface area contributed by atoms with Crippen LogP contribution in [-0.4, -0.2) is 32.9 Å². The summed E-state index contributed by atoms with van der Waals surface area (Å²) in [5.41, 5.74) is 3.64. The van der Waals surface area contributed by atoms with Gasteiger partial charge in [0.05, 0.1) is 17.1 Å². The number of amides is 1.